The number of benzene rings is 1. The second kappa shape index (κ2) is 5.58. The Morgan fingerprint density at radius 1 is 1.17 bits per heavy atom. The highest BCUT2D eigenvalue weighted by Gasteiger charge is 2.15. The van der Waals surface area contributed by atoms with Gasteiger partial charge in [0.05, 0.1) is 17.6 Å². The molecular formula is C12H18N2O3S. The van der Waals surface area contributed by atoms with E-state index in [1.54, 1.807) is 6.07 Å². The Morgan fingerprint density at radius 3 is 2.39 bits per heavy atom. The molecule has 0 saturated carbocycles. The molecule has 0 amide bonds. The van der Waals surface area contributed by atoms with Gasteiger partial charge in [-0.1, -0.05) is 12.1 Å². The average Bonchev–Trinajstić information content (AvgIpc) is 2.31. The maximum atomic E-state index is 11.3. The molecule has 1 fully saturated rings. The fourth-order valence-electron chi connectivity index (χ4n) is 1.96. The molecule has 0 unspecified atom stereocenters. The van der Waals surface area contributed by atoms with Gasteiger partial charge in [-0.15, -0.1) is 0 Å². The summed E-state index contributed by atoms with van der Waals surface area (Å²) in [5, 5.41) is 3.37. The number of anilines is 2. The first kappa shape index (κ1) is 13.2. The van der Waals surface area contributed by atoms with Crippen molar-refractivity contribution in [3.63, 3.8) is 0 Å². The minimum Gasteiger partial charge on any atom is -0.381 e. The molecule has 0 bridgehead atoms. The average molecular weight is 270 g/mol. The van der Waals surface area contributed by atoms with E-state index in [2.05, 4.69) is 10.0 Å². The van der Waals surface area contributed by atoms with Gasteiger partial charge >= 0.3 is 0 Å². The molecule has 2 rings (SSSR count). The molecule has 1 aromatic carbocycles. The van der Waals surface area contributed by atoms with Crippen LogP contribution in [-0.4, -0.2) is 33.9 Å². The van der Waals surface area contributed by atoms with Gasteiger partial charge in [0.25, 0.3) is 0 Å². The van der Waals surface area contributed by atoms with Crippen molar-refractivity contribution < 1.29 is 13.2 Å². The first-order valence-electron chi connectivity index (χ1n) is 5.96. The molecule has 100 valence electrons. The maximum Gasteiger partial charge on any atom is 0.229 e. The second-order valence-corrected chi connectivity index (χ2v) is 6.20. The molecule has 1 heterocycles. The summed E-state index contributed by atoms with van der Waals surface area (Å²) >= 11 is 0. The highest BCUT2D eigenvalue weighted by atomic mass is 32.2. The van der Waals surface area contributed by atoms with Crippen LogP contribution in [0, 0.1) is 0 Å². The lowest BCUT2D eigenvalue weighted by Gasteiger charge is -2.25. The Bertz CT molecular complexity index is 496. The summed E-state index contributed by atoms with van der Waals surface area (Å²) in [6.45, 7) is 1.50. The minimum atomic E-state index is -3.26. The first-order valence-corrected chi connectivity index (χ1v) is 7.85. The van der Waals surface area contributed by atoms with Crippen LogP contribution in [0.25, 0.3) is 0 Å². The lowest BCUT2D eigenvalue weighted by Crippen LogP contribution is -2.28. The van der Waals surface area contributed by atoms with Crippen LogP contribution in [0.15, 0.2) is 24.3 Å². The number of hydrogen-bond acceptors (Lipinski definition) is 4. The van der Waals surface area contributed by atoms with E-state index >= 15 is 0 Å². The van der Waals surface area contributed by atoms with E-state index in [9.17, 15) is 8.42 Å². The van der Waals surface area contributed by atoms with Crippen molar-refractivity contribution in [2.75, 3.05) is 29.5 Å². The number of hydrogen-bond donors (Lipinski definition) is 2. The van der Waals surface area contributed by atoms with Crippen molar-refractivity contribution in [3.05, 3.63) is 24.3 Å². The van der Waals surface area contributed by atoms with E-state index in [1.807, 2.05) is 18.2 Å². The highest BCUT2D eigenvalue weighted by molar-refractivity contribution is 7.92. The molecule has 1 aliphatic heterocycles. The lowest BCUT2D eigenvalue weighted by atomic mass is 10.1. The van der Waals surface area contributed by atoms with Crippen molar-refractivity contribution in [2.45, 2.75) is 18.9 Å². The van der Waals surface area contributed by atoms with Crippen molar-refractivity contribution in [1.29, 1.82) is 0 Å². The molecule has 6 heteroatoms. The van der Waals surface area contributed by atoms with Crippen LogP contribution >= 0.6 is 0 Å². The van der Waals surface area contributed by atoms with Gasteiger partial charge in [0.2, 0.25) is 10.0 Å². The third-order valence-electron chi connectivity index (χ3n) is 2.80. The number of para-hydroxylation sites is 2. The van der Waals surface area contributed by atoms with Gasteiger partial charge < -0.3 is 10.1 Å². The van der Waals surface area contributed by atoms with Crippen LogP contribution in [0.3, 0.4) is 0 Å². The van der Waals surface area contributed by atoms with Crippen molar-refractivity contribution in [1.82, 2.24) is 0 Å². The standard InChI is InChI=1S/C12H18N2O3S/c1-18(15,16)14-12-5-3-2-4-11(12)13-10-6-8-17-9-7-10/h2-5,10,13-14H,6-9H2,1H3. The van der Waals surface area contributed by atoms with E-state index < -0.39 is 10.0 Å². The Balaban J connectivity index is 2.11. The predicted octanol–water partition coefficient (Wildman–Crippen LogP) is 1.65. The Kier molecular flexibility index (Phi) is 4.08. The Morgan fingerprint density at radius 2 is 1.78 bits per heavy atom. The zero-order valence-electron chi connectivity index (χ0n) is 10.3. The lowest BCUT2D eigenvalue weighted by molar-refractivity contribution is 0.0904. The van der Waals surface area contributed by atoms with Crippen LogP contribution < -0.4 is 10.0 Å². The zero-order chi connectivity index (χ0) is 13.0. The normalized spacial score (nSPS) is 17.4. The van der Waals surface area contributed by atoms with Crippen LogP contribution in [0.4, 0.5) is 11.4 Å². The molecule has 0 aliphatic carbocycles. The molecule has 0 aromatic heterocycles. The van der Waals surface area contributed by atoms with E-state index in [4.69, 9.17) is 4.74 Å². The number of sulfonamides is 1. The third-order valence-corrected chi connectivity index (χ3v) is 3.39. The SMILES string of the molecule is CS(=O)(=O)Nc1ccccc1NC1CCOCC1. The minimum absolute atomic E-state index is 0.335. The summed E-state index contributed by atoms with van der Waals surface area (Å²) in [6.07, 6.45) is 3.03. The topological polar surface area (TPSA) is 67.4 Å². The van der Waals surface area contributed by atoms with E-state index in [1.165, 1.54) is 0 Å². The highest BCUT2D eigenvalue weighted by Crippen LogP contribution is 2.24. The van der Waals surface area contributed by atoms with Crippen molar-refractivity contribution >= 4 is 21.4 Å². The zero-order valence-corrected chi connectivity index (χ0v) is 11.2. The summed E-state index contributed by atoms with van der Waals surface area (Å²) in [5.41, 5.74) is 1.40. The summed E-state index contributed by atoms with van der Waals surface area (Å²) in [4.78, 5) is 0. The van der Waals surface area contributed by atoms with Crippen LogP contribution in [0.1, 0.15) is 12.8 Å². The Labute approximate surface area is 108 Å². The first-order chi connectivity index (χ1) is 8.54. The maximum absolute atomic E-state index is 11.3. The van der Waals surface area contributed by atoms with Crippen molar-refractivity contribution in [2.24, 2.45) is 0 Å². The van der Waals surface area contributed by atoms with Gasteiger partial charge in [-0.25, -0.2) is 8.42 Å². The Hall–Kier alpha value is -1.27. The van der Waals surface area contributed by atoms with Gasteiger partial charge in [0, 0.05) is 19.3 Å². The summed E-state index contributed by atoms with van der Waals surface area (Å²) in [6, 6.07) is 7.66. The van der Waals surface area contributed by atoms with Gasteiger partial charge in [-0.2, -0.15) is 0 Å². The van der Waals surface area contributed by atoms with Gasteiger partial charge in [0.15, 0.2) is 0 Å². The van der Waals surface area contributed by atoms with E-state index in [0.29, 0.717) is 11.7 Å². The van der Waals surface area contributed by atoms with E-state index in [-0.39, 0.29) is 0 Å². The van der Waals surface area contributed by atoms with Crippen LogP contribution in [0.2, 0.25) is 0 Å². The molecule has 1 saturated heterocycles. The fraction of sp³-hybridized carbons (Fsp3) is 0.500. The molecule has 0 spiro atoms. The molecule has 0 radical (unpaired) electrons. The van der Waals surface area contributed by atoms with Gasteiger partial charge in [-0.3, -0.25) is 4.72 Å². The van der Waals surface area contributed by atoms with Crippen LogP contribution in [-0.2, 0) is 14.8 Å². The number of nitrogens with one attached hydrogen (secondary N) is 2. The van der Waals surface area contributed by atoms with Gasteiger partial charge in [0.1, 0.15) is 0 Å². The fourth-order valence-corrected chi connectivity index (χ4v) is 2.54. The summed E-state index contributed by atoms with van der Waals surface area (Å²) < 4.78 is 30.4. The quantitative estimate of drug-likeness (QED) is 0.873. The molecule has 5 nitrogen and oxygen atoms in total. The third kappa shape index (κ3) is 3.89. The monoisotopic (exact) mass is 270 g/mol. The molecule has 18 heavy (non-hydrogen) atoms. The smallest absolute Gasteiger partial charge is 0.229 e. The second-order valence-electron chi connectivity index (χ2n) is 4.45. The van der Waals surface area contributed by atoms with Gasteiger partial charge in [-0.05, 0) is 25.0 Å². The number of rotatable bonds is 4. The molecule has 1 aliphatic rings. The molecular weight excluding hydrogens is 252 g/mol. The largest absolute Gasteiger partial charge is 0.381 e. The van der Waals surface area contributed by atoms with Crippen LogP contribution in [0.5, 0.6) is 0 Å². The van der Waals surface area contributed by atoms with Crippen molar-refractivity contribution in [3.8, 4) is 0 Å². The predicted molar refractivity (Wildman–Crippen MR) is 72.4 cm³/mol. The molecule has 0 atom stereocenters. The van der Waals surface area contributed by atoms with E-state index in [0.717, 1.165) is 38.0 Å². The molecule has 1 aromatic rings. The molecule has 2 N–H and O–H groups in total. The summed E-state index contributed by atoms with van der Waals surface area (Å²) in [5.74, 6) is 0. The number of ether oxygens (including phenoxy) is 1. The summed E-state index contributed by atoms with van der Waals surface area (Å²) in [7, 11) is -3.26.